The molecule has 25 heavy (non-hydrogen) atoms. The van der Waals surface area contributed by atoms with E-state index in [4.69, 9.17) is 18.9 Å². The molecule has 0 aliphatic rings. The van der Waals surface area contributed by atoms with Gasteiger partial charge in [0, 0.05) is 7.05 Å². The van der Waals surface area contributed by atoms with Crippen molar-refractivity contribution in [2.24, 2.45) is 0 Å². The number of alkyl carbamates (subject to hydrolysis) is 1. The van der Waals surface area contributed by atoms with E-state index in [9.17, 15) is 14.9 Å². The van der Waals surface area contributed by atoms with E-state index in [1.54, 1.807) is 0 Å². The first-order valence-corrected chi connectivity index (χ1v) is 7.79. The summed E-state index contributed by atoms with van der Waals surface area (Å²) in [5.41, 5.74) is -0.0202. The molecule has 9 heteroatoms. The number of carbonyl (C=O) groups excluding carboxylic acids is 1. The Morgan fingerprint density at radius 2 is 1.92 bits per heavy atom. The lowest BCUT2D eigenvalue weighted by atomic mass is 10.1. The Bertz CT molecular complexity index is 604. The second-order valence-electron chi connectivity index (χ2n) is 5.38. The van der Waals surface area contributed by atoms with Gasteiger partial charge in [-0.2, -0.15) is 0 Å². The number of nitro benzene ring substituents is 1. The van der Waals surface area contributed by atoms with Crippen LogP contribution in [0.2, 0.25) is 0 Å². The number of nitrogens with one attached hydrogen (secondary N) is 1. The van der Waals surface area contributed by atoms with Crippen LogP contribution in [0.15, 0.2) is 12.1 Å². The highest BCUT2D eigenvalue weighted by Gasteiger charge is 2.25. The van der Waals surface area contributed by atoms with Crippen molar-refractivity contribution in [3.05, 3.63) is 27.8 Å². The Labute approximate surface area is 146 Å². The van der Waals surface area contributed by atoms with Gasteiger partial charge >= 0.3 is 6.09 Å². The van der Waals surface area contributed by atoms with Crippen LogP contribution in [0.5, 0.6) is 11.5 Å². The summed E-state index contributed by atoms with van der Waals surface area (Å²) < 4.78 is 21.2. The van der Waals surface area contributed by atoms with E-state index in [-0.39, 0.29) is 29.7 Å². The molecule has 1 aromatic rings. The topological polar surface area (TPSA) is 109 Å². The molecule has 1 N–H and O–H groups in total. The summed E-state index contributed by atoms with van der Waals surface area (Å²) in [6.07, 6.45) is -1.47. The van der Waals surface area contributed by atoms with Crippen LogP contribution in [0.3, 0.4) is 0 Å². The van der Waals surface area contributed by atoms with Crippen LogP contribution in [-0.4, -0.2) is 44.5 Å². The zero-order valence-corrected chi connectivity index (χ0v) is 15.0. The fraction of sp³-hybridized carbons (Fsp3) is 0.562. The van der Waals surface area contributed by atoms with E-state index < -0.39 is 17.1 Å². The molecule has 0 aromatic heterocycles. The molecule has 0 bridgehead atoms. The molecule has 0 radical (unpaired) electrons. The number of nitro groups is 1. The molecule has 1 amide bonds. The number of carbonyl (C=O) groups is 1. The van der Waals surface area contributed by atoms with Gasteiger partial charge in [-0.1, -0.05) is 0 Å². The molecule has 1 rings (SSSR count). The molecule has 0 saturated heterocycles. The quantitative estimate of drug-likeness (QED) is 0.411. The fourth-order valence-corrected chi connectivity index (χ4v) is 2.04. The zero-order valence-electron chi connectivity index (χ0n) is 15.0. The van der Waals surface area contributed by atoms with Gasteiger partial charge in [0.2, 0.25) is 0 Å². The van der Waals surface area contributed by atoms with Gasteiger partial charge in [-0.05, 0) is 26.8 Å². The molecule has 1 aromatic carbocycles. The fourth-order valence-electron chi connectivity index (χ4n) is 2.04. The maximum atomic E-state index is 11.4. The van der Waals surface area contributed by atoms with Crippen LogP contribution in [0.1, 0.15) is 32.4 Å². The van der Waals surface area contributed by atoms with E-state index in [2.05, 4.69) is 5.32 Å². The predicted octanol–water partition coefficient (Wildman–Crippen LogP) is 2.82. The lowest BCUT2D eigenvalue weighted by Crippen LogP contribution is -2.21. The first kappa shape index (κ1) is 20.5. The van der Waals surface area contributed by atoms with Crippen molar-refractivity contribution in [1.29, 1.82) is 0 Å². The first-order valence-electron chi connectivity index (χ1n) is 7.79. The largest absolute Gasteiger partial charge is 0.493 e. The van der Waals surface area contributed by atoms with Crippen molar-refractivity contribution in [1.82, 2.24) is 5.32 Å². The van der Waals surface area contributed by atoms with E-state index >= 15 is 0 Å². The van der Waals surface area contributed by atoms with E-state index in [0.29, 0.717) is 12.4 Å². The maximum absolute atomic E-state index is 11.4. The summed E-state index contributed by atoms with van der Waals surface area (Å²) in [4.78, 5) is 22.2. The summed E-state index contributed by atoms with van der Waals surface area (Å²) in [7, 11) is 2.83. The number of hydrogen-bond acceptors (Lipinski definition) is 7. The Balaban J connectivity index is 3.06. The monoisotopic (exact) mass is 356 g/mol. The average molecular weight is 356 g/mol. The van der Waals surface area contributed by atoms with E-state index in [1.165, 1.54) is 33.2 Å². The molecule has 9 nitrogen and oxygen atoms in total. The number of methoxy groups -OCH3 is 1. The molecule has 1 atom stereocenters. The SMILES string of the molecule is CNC(=O)OC(C)c1cc(OC)c(OCCOC(C)C)cc1[N+](=O)[O-]. The molecule has 0 spiro atoms. The second kappa shape index (κ2) is 9.67. The summed E-state index contributed by atoms with van der Waals surface area (Å²) >= 11 is 0. The maximum Gasteiger partial charge on any atom is 0.407 e. The lowest BCUT2D eigenvalue weighted by Gasteiger charge is -2.17. The van der Waals surface area contributed by atoms with Crippen LogP contribution in [0.25, 0.3) is 0 Å². The van der Waals surface area contributed by atoms with Gasteiger partial charge in [0.15, 0.2) is 11.5 Å². The normalized spacial score (nSPS) is 11.8. The minimum Gasteiger partial charge on any atom is -0.493 e. The Hall–Kier alpha value is -2.55. The summed E-state index contributed by atoms with van der Waals surface area (Å²) in [5.74, 6) is 0.523. The molecule has 140 valence electrons. The van der Waals surface area contributed by atoms with Gasteiger partial charge in [0.1, 0.15) is 12.7 Å². The first-order chi connectivity index (χ1) is 11.8. The van der Waals surface area contributed by atoms with Gasteiger partial charge in [-0.3, -0.25) is 10.1 Å². The van der Waals surface area contributed by atoms with Gasteiger partial charge in [-0.25, -0.2) is 4.79 Å². The minimum atomic E-state index is -0.840. The third-order valence-electron chi connectivity index (χ3n) is 3.23. The van der Waals surface area contributed by atoms with Crippen molar-refractivity contribution < 1.29 is 28.7 Å². The van der Waals surface area contributed by atoms with Gasteiger partial charge < -0.3 is 24.3 Å². The second-order valence-corrected chi connectivity index (χ2v) is 5.38. The number of amides is 1. The van der Waals surface area contributed by atoms with Crippen LogP contribution >= 0.6 is 0 Å². The van der Waals surface area contributed by atoms with E-state index in [0.717, 1.165) is 0 Å². The van der Waals surface area contributed by atoms with Crippen molar-refractivity contribution in [3.8, 4) is 11.5 Å². The highest BCUT2D eigenvalue weighted by atomic mass is 16.6. The van der Waals surface area contributed by atoms with Crippen LogP contribution in [0.4, 0.5) is 10.5 Å². The number of hydrogen-bond donors (Lipinski definition) is 1. The smallest absolute Gasteiger partial charge is 0.407 e. The predicted molar refractivity (Wildman–Crippen MR) is 90.2 cm³/mol. The lowest BCUT2D eigenvalue weighted by molar-refractivity contribution is -0.386. The molecule has 0 fully saturated rings. The average Bonchev–Trinajstić information content (AvgIpc) is 2.57. The van der Waals surface area contributed by atoms with Crippen molar-refractivity contribution in [2.45, 2.75) is 33.0 Å². The Kier molecular flexibility index (Phi) is 7.93. The van der Waals surface area contributed by atoms with Gasteiger partial charge in [0.05, 0.1) is 36.4 Å². The Morgan fingerprint density at radius 1 is 1.24 bits per heavy atom. The van der Waals surface area contributed by atoms with Crippen LogP contribution < -0.4 is 14.8 Å². The van der Waals surface area contributed by atoms with E-state index in [1.807, 2.05) is 13.8 Å². The molecular formula is C16H24N2O7. The summed E-state index contributed by atoms with van der Waals surface area (Å²) in [6, 6.07) is 2.69. The Morgan fingerprint density at radius 3 is 2.44 bits per heavy atom. The highest BCUT2D eigenvalue weighted by Crippen LogP contribution is 2.38. The molecular weight excluding hydrogens is 332 g/mol. The number of rotatable bonds is 9. The molecule has 0 heterocycles. The van der Waals surface area contributed by atoms with Crippen molar-refractivity contribution in [3.63, 3.8) is 0 Å². The number of benzene rings is 1. The van der Waals surface area contributed by atoms with Gasteiger partial charge in [0.25, 0.3) is 5.69 Å². The molecule has 0 aliphatic carbocycles. The zero-order chi connectivity index (χ0) is 19.0. The number of nitrogens with zero attached hydrogens (tertiary/aromatic N) is 1. The van der Waals surface area contributed by atoms with Gasteiger partial charge in [-0.15, -0.1) is 0 Å². The molecule has 1 unspecified atom stereocenters. The minimum absolute atomic E-state index is 0.0601. The van der Waals surface area contributed by atoms with Crippen LogP contribution in [-0.2, 0) is 9.47 Å². The van der Waals surface area contributed by atoms with Crippen molar-refractivity contribution in [2.75, 3.05) is 27.4 Å². The third kappa shape index (κ3) is 6.11. The summed E-state index contributed by atoms with van der Waals surface area (Å²) in [6.45, 7) is 5.89. The third-order valence-corrected chi connectivity index (χ3v) is 3.23. The number of ether oxygens (including phenoxy) is 4. The molecule has 0 aliphatic heterocycles. The van der Waals surface area contributed by atoms with Crippen LogP contribution in [0, 0.1) is 10.1 Å². The highest BCUT2D eigenvalue weighted by molar-refractivity contribution is 5.67. The molecule has 0 saturated carbocycles. The summed E-state index contributed by atoms with van der Waals surface area (Å²) in [5, 5.41) is 13.7. The van der Waals surface area contributed by atoms with Crippen molar-refractivity contribution >= 4 is 11.8 Å². The standard InChI is InChI=1S/C16H24N2O7/c1-10(2)23-6-7-24-15-9-13(18(20)21)12(8-14(15)22-5)11(3)25-16(19)17-4/h8-11H,6-7H2,1-5H3,(H,17,19).